The van der Waals surface area contributed by atoms with E-state index in [0.717, 1.165) is 35.7 Å². The summed E-state index contributed by atoms with van der Waals surface area (Å²) < 4.78 is 7.95. The van der Waals surface area contributed by atoms with Crippen molar-refractivity contribution in [3.8, 4) is 0 Å². The van der Waals surface area contributed by atoms with Crippen molar-refractivity contribution in [2.75, 3.05) is 18.9 Å². The van der Waals surface area contributed by atoms with E-state index in [1.165, 1.54) is 0 Å². The number of nitrogens with two attached hydrogens (primary N) is 1. The monoisotopic (exact) mass is 275 g/mol. The van der Waals surface area contributed by atoms with Crippen molar-refractivity contribution in [1.82, 2.24) is 9.55 Å². The molecule has 0 radical (unpaired) electrons. The highest BCUT2D eigenvalue weighted by Crippen LogP contribution is 2.23. The molecule has 0 aliphatic carbocycles. The lowest BCUT2D eigenvalue weighted by Gasteiger charge is -2.12. The molecule has 110 valence electrons. The van der Waals surface area contributed by atoms with Gasteiger partial charge in [-0.2, -0.15) is 0 Å². The lowest BCUT2D eigenvalue weighted by molar-refractivity contribution is 0.103. The summed E-state index contributed by atoms with van der Waals surface area (Å²) in [4.78, 5) is 4.71. The fourth-order valence-corrected chi connectivity index (χ4v) is 2.32. The van der Waals surface area contributed by atoms with E-state index in [2.05, 4.69) is 32.3 Å². The summed E-state index contributed by atoms with van der Waals surface area (Å²) in [6, 6.07) is 5.91. The first-order chi connectivity index (χ1) is 9.49. The Kier molecular flexibility index (Phi) is 4.65. The van der Waals surface area contributed by atoms with E-state index in [-0.39, 0.29) is 0 Å². The van der Waals surface area contributed by atoms with Crippen LogP contribution in [0.15, 0.2) is 18.2 Å². The van der Waals surface area contributed by atoms with E-state index in [1.54, 1.807) is 0 Å². The van der Waals surface area contributed by atoms with Gasteiger partial charge in [-0.05, 0) is 24.1 Å². The Morgan fingerprint density at radius 1 is 1.25 bits per heavy atom. The van der Waals surface area contributed by atoms with Crippen LogP contribution in [0, 0.1) is 5.92 Å². The second kappa shape index (κ2) is 6.27. The van der Waals surface area contributed by atoms with Crippen molar-refractivity contribution in [3.05, 3.63) is 24.0 Å². The van der Waals surface area contributed by atoms with Gasteiger partial charge in [0.05, 0.1) is 17.6 Å². The zero-order valence-electron chi connectivity index (χ0n) is 12.9. The van der Waals surface area contributed by atoms with Crippen LogP contribution in [0.3, 0.4) is 0 Å². The summed E-state index contributed by atoms with van der Waals surface area (Å²) in [6.45, 7) is 11.0. The number of nitrogen functional groups attached to an aromatic ring is 1. The minimum absolute atomic E-state index is 0.383. The molecule has 0 unspecified atom stereocenters. The molecule has 0 saturated carbocycles. The van der Waals surface area contributed by atoms with Gasteiger partial charge < -0.3 is 15.0 Å². The molecule has 0 aliphatic heterocycles. The standard InChI is InChI=1S/C16H25N3O/c1-11(2)10-20-8-7-19-15-6-5-13(17)9-14(15)18-16(19)12(3)4/h5-6,9,11-12H,7-8,10,17H2,1-4H3. The van der Waals surface area contributed by atoms with Crippen molar-refractivity contribution in [1.29, 1.82) is 0 Å². The summed E-state index contributed by atoms with van der Waals surface area (Å²) in [7, 11) is 0. The third-order valence-electron chi connectivity index (χ3n) is 3.23. The molecule has 1 aromatic heterocycles. The minimum Gasteiger partial charge on any atom is -0.399 e. The Morgan fingerprint density at radius 2 is 2.00 bits per heavy atom. The molecule has 0 aliphatic rings. The second-order valence-electron chi connectivity index (χ2n) is 5.99. The second-order valence-corrected chi connectivity index (χ2v) is 5.99. The summed E-state index contributed by atoms with van der Waals surface area (Å²) in [5.41, 5.74) is 8.70. The van der Waals surface area contributed by atoms with Crippen molar-refractivity contribution >= 4 is 16.7 Å². The third kappa shape index (κ3) is 3.31. The molecule has 4 nitrogen and oxygen atoms in total. The van der Waals surface area contributed by atoms with Crippen molar-refractivity contribution in [2.24, 2.45) is 5.92 Å². The number of ether oxygens (including phenoxy) is 1. The summed E-state index contributed by atoms with van der Waals surface area (Å²) in [5.74, 6) is 2.05. The zero-order valence-corrected chi connectivity index (χ0v) is 12.9. The number of aromatic nitrogens is 2. The number of imidazole rings is 1. The molecule has 0 saturated heterocycles. The molecule has 1 aromatic carbocycles. The van der Waals surface area contributed by atoms with Crippen LogP contribution in [0.1, 0.15) is 39.4 Å². The van der Waals surface area contributed by atoms with Crippen LogP contribution >= 0.6 is 0 Å². The molecule has 2 aromatic rings. The molecule has 0 fully saturated rings. The number of rotatable bonds is 6. The van der Waals surface area contributed by atoms with Gasteiger partial charge in [-0.1, -0.05) is 27.7 Å². The molecule has 0 amide bonds. The van der Waals surface area contributed by atoms with E-state index < -0.39 is 0 Å². The number of hydrogen-bond acceptors (Lipinski definition) is 3. The molecular weight excluding hydrogens is 250 g/mol. The van der Waals surface area contributed by atoms with Crippen LogP contribution in [0.2, 0.25) is 0 Å². The Morgan fingerprint density at radius 3 is 2.65 bits per heavy atom. The van der Waals surface area contributed by atoms with Crippen LogP contribution in [0.5, 0.6) is 0 Å². The average molecular weight is 275 g/mol. The summed E-state index contributed by atoms with van der Waals surface area (Å²) >= 11 is 0. The highest BCUT2D eigenvalue weighted by atomic mass is 16.5. The fraction of sp³-hybridized carbons (Fsp3) is 0.562. The third-order valence-corrected chi connectivity index (χ3v) is 3.23. The van der Waals surface area contributed by atoms with Crippen LogP contribution < -0.4 is 5.73 Å². The highest BCUT2D eigenvalue weighted by molar-refractivity contribution is 5.79. The molecule has 20 heavy (non-hydrogen) atoms. The summed E-state index contributed by atoms with van der Waals surface area (Å²) in [6.07, 6.45) is 0. The Hall–Kier alpha value is -1.55. The maximum Gasteiger partial charge on any atom is 0.112 e. The van der Waals surface area contributed by atoms with Crippen LogP contribution in [-0.4, -0.2) is 22.8 Å². The van der Waals surface area contributed by atoms with E-state index in [1.807, 2.05) is 18.2 Å². The van der Waals surface area contributed by atoms with Gasteiger partial charge in [-0.3, -0.25) is 0 Å². The SMILES string of the molecule is CC(C)COCCn1c(C(C)C)nc2cc(N)ccc21. The van der Waals surface area contributed by atoms with E-state index in [0.29, 0.717) is 18.4 Å². The Balaban J connectivity index is 2.22. The largest absolute Gasteiger partial charge is 0.399 e. The van der Waals surface area contributed by atoms with E-state index >= 15 is 0 Å². The Labute approximate surface area is 120 Å². The van der Waals surface area contributed by atoms with E-state index in [4.69, 9.17) is 15.5 Å². The van der Waals surface area contributed by atoms with Gasteiger partial charge in [0.1, 0.15) is 5.82 Å². The van der Waals surface area contributed by atoms with Gasteiger partial charge in [0.15, 0.2) is 0 Å². The number of anilines is 1. The molecular formula is C16H25N3O. The first-order valence-electron chi connectivity index (χ1n) is 7.32. The lowest BCUT2D eigenvalue weighted by atomic mass is 10.2. The van der Waals surface area contributed by atoms with Gasteiger partial charge in [0.2, 0.25) is 0 Å². The predicted molar refractivity (Wildman–Crippen MR) is 83.9 cm³/mol. The lowest BCUT2D eigenvalue weighted by Crippen LogP contribution is -2.12. The normalized spacial score (nSPS) is 11.9. The van der Waals surface area contributed by atoms with Gasteiger partial charge in [0.25, 0.3) is 0 Å². The number of fused-ring (bicyclic) bond motifs is 1. The van der Waals surface area contributed by atoms with Gasteiger partial charge in [0, 0.05) is 24.8 Å². The molecule has 1 heterocycles. The quantitative estimate of drug-likeness (QED) is 0.649. The number of hydrogen-bond donors (Lipinski definition) is 1. The van der Waals surface area contributed by atoms with Gasteiger partial charge in [-0.25, -0.2) is 4.98 Å². The Bertz CT molecular complexity index is 572. The zero-order chi connectivity index (χ0) is 14.7. The van der Waals surface area contributed by atoms with Gasteiger partial charge in [-0.15, -0.1) is 0 Å². The molecule has 2 N–H and O–H groups in total. The predicted octanol–water partition coefficient (Wildman–Crippen LogP) is 3.41. The average Bonchev–Trinajstić information content (AvgIpc) is 2.72. The molecule has 0 atom stereocenters. The summed E-state index contributed by atoms with van der Waals surface area (Å²) in [5, 5.41) is 0. The molecule has 0 spiro atoms. The maximum absolute atomic E-state index is 5.84. The molecule has 2 rings (SSSR count). The van der Waals surface area contributed by atoms with E-state index in [9.17, 15) is 0 Å². The van der Waals surface area contributed by atoms with Crippen LogP contribution in [-0.2, 0) is 11.3 Å². The number of nitrogens with zero attached hydrogens (tertiary/aromatic N) is 2. The first-order valence-corrected chi connectivity index (χ1v) is 7.32. The van der Waals surface area contributed by atoms with Crippen molar-refractivity contribution < 1.29 is 4.74 Å². The minimum atomic E-state index is 0.383. The molecule has 0 bridgehead atoms. The first kappa shape index (κ1) is 14.9. The topological polar surface area (TPSA) is 53.1 Å². The van der Waals surface area contributed by atoms with Crippen LogP contribution in [0.25, 0.3) is 11.0 Å². The number of benzene rings is 1. The fourth-order valence-electron chi connectivity index (χ4n) is 2.32. The van der Waals surface area contributed by atoms with Crippen molar-refractivity contribution in [2.45, 2.75) is 40.2 Å². The smallest absolute Gasteiger partial charge is 0.112 e. The van der Waals surface area contributed by atoms with Gasteiger partial charge >= 0.3 is 0 Å². The molecule has 4 heteroatoms. The maximum atomic E-state index is 5.84. The van der Waals surface area contributed by atoms with Crippen molar-refractivity contribution in [3.63, 3.8) is 0 Å². The highest BCUT2D eigenvalue weighted by Gasteiger charge is 2.13. The van der Waals surface area contributed by atoms with Crippen LogP contribution in [0.4, 0.5) is 5.69 Å².